The van der Waals surface area contributed by atoms with Crippen LogP contribution in [0, 0.1) is 6.92 Å². The molecule has 0 saturated carbocycles. The van der Waals surface area contributed by atoms with Gasteiger partial charge in [0, 0.05) is 19.3 Å². The van der Waals surface area contributed by atoms with Gasteiger partial charge >= 0.3 is 12.2 Å². The first kappa shape index (κ1) is 19.2. The van der Waals surface area contributed by atoms with Crippen LogP contribution in [0.25, 0.3) is 5.69 Å². The number of rotatable bonds is 3. The second-order valence-electron chi connectivity index (χ2n) is 6.46. The highest BCUT2D eigenvalue weighted by Crippen LogP contribution is 2.30. The van der Waals surface area contributed by atoms with Crippen LogP contribution in [0.4, 0.5) is 18.0 Å². The van der Waals surface area contributed by atoms with Crippen molar-refractivity contribution in [3.05, 3.63) is 47.8 Å². The van der Waals surface area contributed by atoms with Gasteiger partial charge in [-0.15, -0.1) is 0 Å². The highest BCUT2D eigenvalue weighted by molar-refractivity contribution is 5.74. The number of amides is 2. The molecule has 1 aliphatic rings. The molecule has 0 spiro atoms. The van der Waals surface area contributed by atoms with Crippen molar-refractivity contribution in [2.75, 3.05) is 13.2 Å². The van der Waals surface area contributed by atoms with Crippen LogP contribution in [-0.4, -0.2) is 52.2 Å². The Bertz CT molecular complexity index is 806. The first-order chi connectivity index (χ1) is 12.8. The summed E-state index contributed by atoms with van der Waals surface area (Å²) >= 11 is 0. The number of alkyl halides is 3. The number of para-hydroxylation sites is 1. The number of carbonyl (C=O) groups excluding carboxylic acids is 1. The van der Waals surface area contributed by atoms with Gasteiger partial charge in [-0.05, 0) is 31.5 Å². The molecule has 1 aromatic carbocycles. The molecule has 2 heterocycles. The van der Waals surface area contributed by atoms with Gasteiger partial charge in [-0.2, -0.15) is 18.3 Å². The zero-order valence-electron chi connectivity index (χ0n) is 15.0. The number of nitrogens with one attached hydrogen (secondary N) is 1. The van der Waals surface area contributed by atoms with Gasteiger partial charge < -0.3 is 15.0 Å². The zero-order chi connectivity index (χ0) is 19.6. The van der Waals surface area contributed by atoms with Gasteiger partial charge in [-0.25, -0.2) is 9.48 Å². The van der Waals surface area contributed by atoms with E-state index < -0.39 is 24.4 Å². The SMILES string of the molecule is Cc1ccn(-c2ccccc2CNC(=O)N2CCOC(C(F)(F)F)C2C)n1. The molecule has 146 valence electrons. The molecule has 1 fully saturated rings. The molecular weight excluding hydrogens is 361 g/mol. The lowest BCUT2D eigenvalue weighted by Crippen LogP contribution is -2.59. The summed E-state index contributed by atoms with van der Waals surface area (Å²) in [7, 11) is 0. The average molecular weight is 382 g/mol. The van der Waals surface area contributed by atoms with Crippen LogP contribution in [0.15, 0.2) is 36.5 Å². The molecule has 2 aromatic rings. The number of urea groups is 1. The minimum Gasteiger partial charge on any atom is -0.365 e. The molecule has 27 heavy (non-hydrogen) atoms. The molecular formula is C18H21F3N4O2. The fourth-order valence-corrected chi connectivity index (χ4v) is 3.14. The second kappa shape index (κ2) is 7.59. The third-order valence-corrected chi connectivity index (χ3v) is 4.53. The summed E-state index contributed by atoms with van der Waals surface area (Å²) in [5, 5.41) is 7.07. The van der Waals surface area contributed by atoms with Gasteiger partial charge in [0.05, 0.1) is 24.0 Å². The maximum atomic E-state index is 13.0. The Balaban J connectivity index is 1.69. The maximum Gasteiger partial charge on any atom is 0.416 e. The van der Waals surface area contributed by atoms with Crippen LogP contribution in [0.3, 0.4) is 0 Å². The van der Waals surface area contributed by atoms with E-state index in [4.69, 9.17) is 4.74 Å². The van der Waals surface area contributed by atoms with Gasteiger partial charge in [0.25, 0.3) is 0 Å². The van der Waals surface area contributed by atoms with E-state index in [1.165, 1.54) is 11.8 Å². The molecule has 0 aliphatic carbocycles. The summed E-state index contributed by atoms with van der Waals surface area (Å²) in [5.41, 5.74) is 2.46. The number of nitrogens with zero attached hydrogens (tertiary/aromatic N) is 3. The third-order valence-electron chi connectivity index (χ3n) is 4.53. The van der Waals surface area contributed by atoms with E-state index in [1.54, 1.807) is 4.68 Å². The van der Waals surface area contributed by atoms with Crippen LogP contribution in [0.5, 0.6) is 0 Å². The van der Waals surface area contributed by atoms with Crippen molar-refractivity contribution in [1.82, 2.24) is 20.0 Å². The summed E-state index contributed by atoms with van der Waals surface area (Å²) in [6.07, 6.45) is -4.67. The Hall–Kier alpha value is -2.55. The van der Waals surface area contributed by atoms with Crippen LogP contribution >= 0.6 is 0 Å². The van der Waals surface area contributed by atoms with Crippen molar-refractivity contribution in [2.24, 2.45) is 0 Å². The molecule has 1 aromatic heterocycles. The van der Waals surface area contributed by atoms with E-state index >= 15 is 0 Å². The number of aryl methyl sites for hydroxylation is 1. The predicted octanol–water partition coefficient (Wildman–Crippen LogP) is 3.04. The van der Waals surface area contributed by atoms with Gasteiger partial charge in [0.15, 0.2) is 6.10 Å². The number of hydrogen-bond donors (Lipinski definition) is 1. The molecule has 0 bridgehead atoms. The minimum atomic E-state index is -4.51. The Morgan fingerprint density at radius 3 is 2.74 bits per heavy atom. The Kier molecular flexibility index (Phi) is 5.41. The van der Waals surface area contributed by atoms with Gasteiger partial charge in [0.2, 0.25) is 0 Å². The van der Waals surface area contributed by atoms with Crippen molar-refractivity contribution in [2.45, 2.75) is 38.7 Å². The number of morpholine rings is 1. The second-order valence-corrected chi connectivity index (χ2v) is 6.46. The molecule has 2 atom stereocenters. The molecule has 3 rings (SSSR count). The lowest BCUT2D eigenvalue weighted by Gasteiger charge is -2.39. The quantitative estimate of drug-likeness (QED) is 0.888. The monoisotopic (exact) mass is 382 g/mol. The van der Waals surface area contributed by atoms with Gasteiger partial charge in [0.1, 0.15) is 0 Å². The van der Waals surface area contributed by atoms with Crippen LogP contribution in [0.2, 0.25) is 0 Å². The molecule has 1 aliphatic heterocycles. The first-order valence-corrected chi connectivity index (χ1v) is 8.60. The van der Waals surface area contributed by atoms with E-state index in [-0.39, 0.29) is 19.7 Å². The van der Waals surface area contributed by atoms with Crippen LogP contribution in [0.1, 0.15) is 18.2 Å². The van der Waals surface area contributed by atoms with Crippen molar-refractivity contribution in [1.29, 1.82) is 0 Å². The Morgan fingerprint density at radius 2 is 2.07 bits per heavy atom. The predicted molar refractivity (Wildman–Crippen MR) is 92.5 cm³/mol. The molecule has 9 heteroatoms. The standard InChI is InChI=1S/C18H21F3N4O2/c1-12-7-8-25(23-12)15-6-4-3-5-14(15)11-22-17(26)24-9-10-27-16(13(24)2)18(19,20)21/h3-8,13,16H,9-11H2,1-2H3,(H,22,26). The van der Waals surface area contributed by atoms with Gasteiger partial charge in [-0.3, -0.25) is 0 Å². The van der Waals surface area contributed by atoms with Crippen molar-refractivity contribution < 1.29 is 22.7 Å². The lowest BCUT2D eigenvalue weighted by molar-refractivity contribution is -0.246. The molecule has 0 radical (unpaired) electrons. The third kappa shape index (κ3) is 4.24. The molecule has 6 nitrogen and oxygen atoms in total. The minimum absolute atomic E-state index is 0.111. The fourth-order valence-electron chi connectivity index (χ4n) is 3.14. The highest BCUT2D eigenvalue weighted by atomic mass is 19.4. The largest absolute Gasteiger partial charge is 0.416 e. The van der Waals surface area contributed by atoms with E-state index in [0.717, 1.165) is 16.9 Å². The van der Waals surface area contributed by atoms with E-state index in [1.807, 2.05) is 43.5 Å². The Labute approximate surface area is 154 Å². The van der Waals surface area contributed by atoms with E-state index in [9.17, 15) is 18.0 Å². The summed E-state index contributed by atoms with van der Waals surface area (Å²) < 4.78 is 45.6. The number of benzene rings is 1. The van der Waals surface area contributed by atoms with Crippen molar-refractivity contribution in [3.8, 4) is 5.69 Å². The summed E-state index contributed by atoms with van der Waals surface area (Å²) in [6.45, 7) is 3.36. The molecule has 2 amide bonds. The average Bonchev–Trinajstić information content (AvgIpc) is 3.05. The highest BCUT2D eigenvalue weighted by Gasteiger charge is 2.49. The maximum absolute atomic E-state index is 13.0. The number of hydrogen-bond acceptors (Lipinski definition) is 3. The number of ether oxygens (including phenoxy) is 1. The topological polar surface area (TPSA) is 59.4 Å². The zero-order valence-corrected chi connectivity index (χ0v) is 15.0. The lowest BCUT2D eigenvalue weighted by atomic mass is 10.1. The molecule has 1 N–H and O–H groups in total. The Morgan fingerprint density at radius 1 is 1.33 bits per heavy atom. The van der Waals surface area contributed by atoms with Crippen LogP contribution in [-0.2, 0) is 11.3 Å². The van der Waals surface area contributed by atoms with Gasteiger partial charge in [-0.1, -0.05) is 18.2 Å². The summed E-state index contributed by atoms with van der Waals surface area (Å²) in [4.78, 5) is 13.6. The first-order valence-electron chi connectivity index (χ1n) is 8.60. The summed E-state index contributed by atoms with van der Waals surface area (Å²) in [6, 6.07) is 7.61. The van der Waals surface area contributed by atoms with Crippen LogP contribution < -0.4 is 5.32 Å². The summed E-state index contributed by atoms with van der Waals surface area (Å²) in [5.74, 6) is 0. The fraction of sp³-hybridized carbons (Fsp3) is 0.444. The normalized spacial score (nSPS) is 20.6. The van der Waals surface area contributed by atoms with E-state index in [2.05, 4.69) is 10.4 Å². The smallest absolute Gasteiger partial charge is 0.365 e. The van der Waals surface area contributed by atoms with Crippen molar-refractivity contribution in [3.63, 3.8) is 0 Å². The number of halogens is 3. The van der Waals surface area contributed by atoms with E-state index in [0.29, 0.717) is 0 Å². The van der Waals surface area contributed by atoms with Crippen molar-refractivity contribution >= 4 is 6.03 Å². The number of carbonyl (C=O) groups is 1. The molecule has 1 saturated heterocycles. The number of aromatic nitrogens is 2. The molecule has 2 unspecified atom stereocenters.